The number of rotatable bonds is 16. The van der Waals surface area contributed by atoms with E-state index in [4.69, 9.17) is 14.2 Å². The van der Waals surface area contributed by atoms with Crippen LogP contribution in [-0.4, -0.2) is 115 Å². The van der Waals surface area contributed by atoms with E-state index in [2.05, 4.69) is 15.6 Å². The maximum absolute atomic E-state index is 14.2. The van der Waals surface area contributed by atoms with E-state index in [9.17, 15) is 24.0 Å². The maximum Gasteiger partial charge on any atom is 0.410 e. The van der Waals surface area contributed by atoms with E-state index in [1.807, 2.05) is 76.1 Å². The fourth-order valence-corrected chi connectivity index (χ4v) is 7.65. The van der Waals surface area contributed by atoms with Crippen molar-refractivity contribution >= 4 is 47.2 Å². The summed E-state index contributed by atoms with van der Waals surface area (Å²) in [5, 5.41) is 7.94. The molecule has 0 aliphatic carbocycles. The van der Waals surface area contributed by atoms with Gasteiger partial charge in [-0.2, -0.15) is 0 Å². The number of amides is 4. The Labute approximate surface area is 341 Å². The van der Waals surface area contributed by atoms with Gasteiger partial charge in [-0.15, -0.1) is 11.3 Å². The fourth-order valence-electron chi connectivity index (χ4n) is 6.83. The number of thiazole rings is 1. The zero-order valence-corrected chi connectivity index (χ0v) is 35.5. The van der Waals surface area contributed by atoms with Gasteiger partial charge in [-0.25, -0.2) is 9.78 Å². The Bertz CT molecular complexity index is 1750. The molecule has 2 saturated heterocycles. The zero-order chi connectivity index (χ0) is 41.6. The first-order valence-corrected chi connectivity index (χ1v) is 20.7. The van der Waals surface area contributed by atoms with E-state index in [0.29, 0.717) is 42.7 Å². The molecule has 2 aromatic rings. The highest BCUT2D eigenvalue weighted by Crippen LogP contribution is 2.32. The molecular formula is C42H60N6O8S. The molecule has 3 heterocycles. The quantitative estimate of drug-likeness (QED) is 0.199. The Kier molecular flexibility index (Phi) is 17.2. The number of nitrogens with one attached hydrogen (secondary N) is 2. The Morgan fingerprint density at radius 1 is 1.04 bits per heavy atom. The minimum absolute atomic E-state index is 0.0789. The van der Waals surface area contributed by atoms with Gasteiger partial charge in [0.25, 0.3) is 5.91 Å². The summed E-state index contributed by atoms with van der Waals surface area (Å²) < 4.78 is 16.8. The highest BCUT2D eigenvalue weighted by atomic mass is 32.1. The van der Waals surface area contributed by atoms with Crippen molar-refractivity contribution in [3.05, 3.63) is 68.9 Å². The summed E-state index contributed by atoms with van der Waals surface area (Å²) in [6.07, 6.45) is 3.31. The topological polar surface area (TPSA) is 160 Å². The number of aromatic nitrogens is 1. The minimum atomic E-state index is -0.960. The van der Waals surface area contributed by atoms with E-state index in [-0.39, 0.29) is 54.9 Å². The molecule has 4 atom stereocenters. The number of nitrogens with zero attached hydrogens (tertiary/aromatic N) is 4. The Morgan fingerprint density at radius 3 is 2.37 bits per heavy atom. The van der Waals surface area contributed by atoms with E-state index in [0.717, 1.165) is 36.9 Å². The summed E-state index contributed by atoms with van der Waals surface area (Å²) in [6.45, 7) is 13.6. The predicted molar refractivity (Wildman–Crippen MR) is 219 cm³/mol. The molecule has 0 saturated carbocycles. The van der Waals surface area contributed by atoms with E-state index < -0.39 is 30.1 Å². The molecule has 0 unspecified atom stereocenters. The lowest BCUT2D eigenvalue weighted by atomic mass is 9.98. The van der Waals surface area contributed by atoms with Crippen LogP contribution in [0.2, 0.25) is 0 Å². The number of likely N-dealkylation sites (tertiary alicyclic amines) is 1. The van der Waals surface area contributed by atoms with Gasteiger partial charge < -0.3 is 34.6 Å². The van der Waals surface area contributed by atoms with Crippen LogP contribution in [0.1, 0.15) is 101 Å². The number of likely N-dealkylation sites (N-methyl/N-ethyl adjacent to an activating group) is 2. The molecule has 14 nitrogen and oxygen atoms in total. The summed E-state index contributed by atoms with van der Waals surface area (Å²) in [4.78, 5) is 77.3. The van der Waals surface area contributed by atoms with Crippen molar-refractivity contribution in [2.75, 3.05) is 53.6 Å². The van der Waals surface area contributed by atoms with Crippen LogP contribution in [0.3, 0.4) is 0 Å². The third-order valence-corrected chi connectivity index (χ3v) is 11.1. The van der Waals surface area contributed by atoms with Crippen LogP contribution in [0, 0.1) is 11.8 Å². The molecule has 2 fully saturated rings. The summed E-state index contributed by atoms with van der Waals surface area (Å²) in [5.41, 5.74) is 2.84. The predicted octanol–water partition coefficient (Wildman–Crippen LogP) is 5.78. The lowest BCUT2D eigenvalue weighted by molar-refractivity contribution is -0.147. The summed E-state index contributed by atoms with van der Waals surface area (Å²) in [7, 11) is 3.60. The summed E-state index contributed by atoms with van der Waals surface area (Å²) in [5.74, 6) is -2.05. The molecule has 57 heavy (non-hydrogen) atoms. The van der Waals surface area contributed by atoms with Crippen molar-refractivity contribution in [2.45, 2.75) is 91.8 Å². The van der Waals surface area contributed by atoms with Crippen molar-refractivity contribution in [1.29, 1.82) is 0 Å². The largest absolute Gasteiger partial charge is 0.466 e. The van der Waals surface area contributed by atoms with Gasteiger partial charge >= 0.3 is 12.1 Å². The fraction of sp³-hybridized carbons (Fsp3) is 0.571. The zero-order valence-electron chi connectivity index (χ0n) is 34.7. The molecule has 0 radical (unpaired) electrons. The number of benzene rings is 1. The van der Waals surface area contributed by atoms with Crippen LogP contribution >= 0.6 is 11.3 Å². The van der Waals surface area contributed by atoms with Crippen LogP contribution in [-0.2, 0) is 28.6 Å². The third-order valence-electron chi connectivity index (χ3n) is 10.2. The van der Waals surface area contributed by atoms with E-state index >= 15 is 0 Å². The number of ether oxygens (including phenoxy) is 3. The Hall–Kier alpha value is -4.60. The van der Waals surface area contributed by atoms with Gasteiger partial charge in [-0.05, 0) is 64.8 Å². The van der Waals surface area contributed by atoms with Crippen LogP contribution in [0.25, 0.3) is 6.08 Å². The first kappa shape index (κ1) is 45.1. The number of piperidine rings is 1. The van der Waals surface area contributed by atoms with Crippen molar-refractivity contribution in [3.8, 4) is 0 Å². The molecule has 2 N–H and O–H groups in total. The highest BCUT2D eigenvalue weighted by molar-refractivity contribution is 7.09. The Morgan fingerprint density at radius 2 is 1.74 bits per heavy atom. The van der Waals surface area contributed by atoms with Gasteiger partial charge in [0.2, 0.25) is 11.8 Å². The molecular weight excluding hydrogens is 749 g/mol. The lowest BCUT2D eigenvalue weighted by Crippen LogP contribution is -2.55. The normalized spacial score (nSPS) is 17.9. The number of allylic oxidation sites excluding steroid dienone is 2. The molecule has 15 heteroatoms. The van der Waals surface area contributed by atoms with Crippen molar-refractivity contribution in [1.82, 2.24) is 30.3 Å². The first-order valence-electron chi connectivity index (χ1n) is 19.9. The monoisotopic (exact) mass is 808 g/mol. The van der Waals surface area contributed by atoms with Crippen molar-refractivity contribution in [3.63, 3.8) is 0 Å². The standard InChI is InChI=1S/C42H60N6O8S/c1-9-55-41(52)29(6)23-31(24-30-15-11-10-12-16-30)43-37(49)32-26-57-39(44-32)35(56-42(53)48-19-21-54-22-20-48)25-34(27(2)3)47(8)40(51)36(28(4)5)45-38(50)33-17-13-14-18-46(33)7/h10-12,15-16,24,26,28-29,33,35-36H,9,13-14,17-23,25H2,1-8H3,(H,43,49)(H,45,50)/b31-24+/t29-,33+,35+,36-/m0/s1. The average Bonchev–Trinajstić information content (AvgIpc) is 3.69. The van der Waals surface area contributed by atoms with E-state index in [1.54, 1.807) is 31.2 Å². The molecule has 4 amide bonds. The molecule has 4 rings (SSSR count). The van der Waals surface area contributed by atoms with Gasteiger partial charge in [0.05, 0.1) is 31.8 Å². The highest BCUT2D eigenvalue weighted by Gasteiger charge is 2.35. The van der Waals surface area contributed by atoms with Crippen LogP contribution in [0.4, 0.5) is 4.79 Å². The van der Waals surface area contributed by atoms with Crippen LogP contribution in [0.5, 0.6) is 0 Å². The first-order chi connectivity index (χ1) is 27.2. The number of carbonyl (C=O) groups is 5. The molecule has 2 aliphatic rings. The molecule has 0 bridgehead atoms. The molecule has 312 valence electrons. The second-order valence-electron chi connectivity index (χ2n) is 15.2. The number of hydrogen-bond donors (Lipinski definition) is 2. The van der Waals surface area contributed by atoms with Crippen molar-refractivity contribution in [2.24, 2.45) is 11.8 Å². The van der Waals surface area contributed by atoms with E-state index in [1.165, 1.54) is 16.2 Å². The second-order valence-corrected chi connectivity index (χ2v) is 16.1. The number of morpholine rings is 1. The lowest BCUT2D eigenvalue weighted by Gasteiger charge is -2.35. The average molecular weight is 809 g/mol. The number of hydrogen-bond acceptors (Lipinski definition) is 11. The smallest absolute Gasteiger partial charge is 0.410 e. The molecule has 2 aliphatic heterocycles. The van der Waals surface area contributed by atoms with Crippen LogP contribution in [0.15, 0.2) is 52.7 Å². The second kappa shape index (κ2) is 21.8. The van der Waals surface area contributed by atoms with Gasteiger partial charge in [0, 0.05) is 49.8 Å². The van der Waals surface area contributed by atoms with Gasteiger partial charge in [0.15, 0.2) is 6.10 Å². The molecule has 0 spiro atoms. The maximum atomic E-state index is 14.2. The van der Waals surface area contributed by atoms with Gasteiger partial charge in [-0.3, -0.25) is 24.1 Å². The summed E-state index contributed by atoms with van der Waals surface area (Å²) in [6, 6.07) is 8.35. The Balaban J connectivity index is 1.60. The number of carbonyl (C=O) groups excluding carboxylic acids is 5. The van der Waals surface area contributed by atoms with Crippen LogP contribution < -0.4 is 10.6 Å². The summed E-state index contributed by atoms with van der Waals surface area (Å²) >= 11 is 1.17. The van der Waals surface area contributed by atoms with Crippen molar-refractivity contribution < 1.29 is 38.2 Å². The molecule has 1 aromatic heterocycles. The third kappa shape index (κ3) is 13.0. The minimum Gasteiger partial charge on any atom is -0.466 e. The molecule has 1 aromatic carbocycles. The number of esters is 1. The van der Waals surface area contributed by atoms with Gasteiger partial charge in [-0.1, -0.05) is 63.1 Å². The SMILES string of the molecule is CCOC(=O)[C@@H](C)C/C(=C\c1ccccc1)NC(=O)c1csc([C@@H](CC(=C(C)C)N(C)C(=O)[C@@H](NC(=O)[C@H]2CCCCN2C)C(C)C)OC(=O)N2CCOCC2)n1. The van der Waals surface area contributed by atoms with Gasteiger partial charge in [0.1, 0.15) is 16.7 Å².